The van der Waals surface area contributed by atoms with Crippen LogP contribution in [0.4, 0.5) is 0 Å². The predicted octanol–water partition coefficient (Wildman–Crippen LogP) is 5.05. The molecule has 1 fully saturated rings. The summed E-state index contributed by atoms with van der Waals surface area (Å²) in [4.78, 5) is 11.8. The van der Waals surface area contributed by atoms with Crippen molar-refractivity contribution in [2.45, 2.75) is 147 Å². The van der Waals surface area contributed by atoms with E-state index in [4.69, 9.17) is 9.47 Å². The molecule has 0 aromatic heterocycles. The molecule has 1 rings (SSSR count). The molecule has 4 atom stereocenters. The highest BCUT2D eigenvalue weighted by molar-refractivity contribution is 5.69. The van der Waals surface area contributed by atoms with E-state index in [-0.39, 0.29) is 19.2 Å². The minimum absolute atomic E-state index is 0.0698. The van der Waals surface area contributed by atoms with Crippen molar-refractivity contribution in [1.82, 2.24) is 0 Å². The summed E-state index contributed by atoms with van der Waals surface area (Å²) in [7, 11) is 0. The maximum atomic E-state index is 11.8. The summed E-state index contributed by atoms with van der Waals surface area (Å²) in [6.07, 6.45) is 18.1. The summed E-state index contributed by atoms with van der Waals surface area (Å²) < 4.78 is 10.4. The van der Waals surface area contributed by atoms with E-state index in [0.717, 1.165) is 19.3 Å². The fraction of sp³-hybridized carbons (Fsp3) is 0.962. The fourth-order valence-electron chi connectivity index (χ4n) is 4.26. The van der Waals surface area contributed by atoms with Crippen LogP contribution in [0.2, 0.25) is 0 Å². The largest absolute Gasteiger partial charge is 0.463 e. The van der Waals surface area contributed by atoms with Crippen molar-refractivity contribution in [3.05, 3.63) is 0 Å². The van der Waals surface area contributed by atoms with E-state index in [1.807, 2.05) is 0 Å². The first kappa shape index (κ1) is 29.3. The van der Waals surface area contributed by atoms with Crippen LogP contribution < -0.4 is 0 Å². The van der Waals surface area contributed by atoms with Crippen LogP contribution >= 0.6 is 0 Å². The van der Waals surface area contributed by atoms with E-state index >= 15 is 0 Å². The zero-order valence-electron chi connectivity index (χ0n) is 20.5. The van der Waals surface area contributed by atoms with Crippen molar-refractivity contribution >= 4 is 5.97 Å². The number of rotatable bonds is 20. The molecule has 0 aromatic carbocycles. The minimum atomic E-state index is -1.27. The zero-order valence-corrected chi connectivity index (χ0v) is 20.5. The van der Waals surface area contributed by atoms with Crippen molar-refractivity contribution in [2.24, 2.45) is 0 Å². The summed E-state index contributed by atoms with van der Waals surface area (Å²) in [5.74, 6) is -0.303. The van der Waals surface area contributed by atoms with E-state index in [0.29, 0.717) is 6.42 Å². The van der Waals surface area contributed by atoms with Crippen LogP contribution in [0.15, 0.2) is 0 Å². The lowest BCUT2D eigenvalue weighted by Crippen LogP contribution is -2.54. The minimum Gasteiger partial charge on any atom is -0.463 e. The Bertz CT molecular complexity index is 444. The molecule has 1 aliphatic heterocycles. The number of esters is 1. The van der Waals surface area contributed by atoms with Crippen LogP contribution in [0.1, 0.15) is 122 Å². The molecule has 0 unspecified atom stereocenters. The second-order valence-corrected chi connectivity index (χ2v) is 9.51. The van der Waals surface area contributed by atoms with Gasteiger partial charge in [0.25, 0.3) is 0 Å². The molecule has 6 heteroatoms. The summed E-state index contributed by atoms with van der Waals surface area (Å²) in [6.45, 7) is 2.10. The topological polar surface area (TPSA) is 96.2 Å². The molecule has 32 heavy (non-hydrogen) atoms. The molecule has 0 amide bonds. The standard InChI is InChI=1S/C26H50O6/c1-2-3-4-5-6-7-8-9-10-11-12-13-14-15-16-17-18-19-24(28)32-21-23-26(30)25(29)22(27)20-31-23/h22-23,25-27,29-30H,2-21H2,1H3/t22-,23-,25-,26-/m1/s1. The molecular weight excluding hydrogens is 408 g/mol. The molecule has 0 bridgehead atoms. The van der Waals surface area contributed by atoms with E-state index in [1.165, 1.54) is 89.9 Å². The Labute approximate surface area is 196 Å². The van der Waals surface area contributed by atoms with Gasteiger partial charge < -0.3 is 24.8 Å². The highest BCUT2D eigenvalue weighted by Gasteiger charge is 2.38. The van der Waals surface area contributed by atoms with Gasteiger partial charge in [0.2, 0.25) is 0 Å². The van der Waals surface area contributed by atoms with Crippen LogP contribution in [0.5, 0.6) is 0 Å². The Kier molecular flexibility index (Phi) is 18.1. The van der Waals surface area contributed by atoms with Crippen molar-refractivity contribution in [2.75, 3.05) is 13.2 Å². The first-order valence-electron chi connectivity index (χ1n) is 13.4. The highest BCUT2D eigenvalue weighted by Crippen LogP contribution is 2.17. The Morgan fingerprint density at radius 2 is 1.16 bits per heavy atom. The molecule has 190 valence electrons. The van der Waals surface area contributed by atoms with Crippen molar-refractivity contribution in [1.29, 1.82) is 0 Å². The van der Waals surface area contributed by atoms with Gasteiger partial charge in [0, 0.05) is 6.42 Å². The first-order chi connectivity index (χ1) is 15.6. The number of aliphatic hydroxyl groups is 3. The number of unbranched alkanes of at least 4 members (excludes halogenated alkanes) is 16. The summed E-state index contributed by atoms with van der Waals surface area (Å²) >= 11 is 0. The number of ether oxygens (including phenoxy) is 2. The van der Waals surface area contributed by atoms with Crippen molar-refractivity contribution in [3.63, 3.8) is 0 Å². The Morgan fingerprint density at radius 1 is 0.719 bits per heavy atom. The summed E-state index contributed by atoms with van der Waals surface area (Å²) in [5.41, 5.74) is 0. The number of aliphatic hydroxyl groups excluding tert-OH is 3. The molecule has 1 saturated heterocycles. The molecule has 0 aromatic rings. The first-order valence-corrected chi connectivity index (χ1v) is 13.4. The summed E-state index contributed by atoms with van der Waals surface area (Å²) in [6, 6.07) is 0. The van der Waals surface area contributed by atoms with E-state index in [9.17, 15) is 20.1 Å². The molecule has 6 nitrogen and oxygen atoms in total. The van der Waals surface area contributed by atoms with Gasteiger partial charge in [-0.1, -0.05) is 110 Å². The quantitative estimate of drug-likeness (QED) is 0.174. The van der Waals surface area contributed by atoms with Crippen molar-refractivity contribution in [3.8, 4) is 0 Å². The molecule has 3 N–H and O–H groups in total. The lowest BCUT2D eigenvalue weighted by molar-refractivity contribution is -0.201. The Hall–Kier alpha value is -0.690. The molecule has 1 heterocycles. The third kappa shape index (κ3) is 14.5. The average molecular weight is 459 g/mol. The lowest BCUT2D eigenvalue weighted by Gasteiger charge is -2.34. The van der Waals surface area contributed by atoms with Gasteiger partial charge in [-0.05, 0) is 6.42 Å². The SMILES string of the molecule is CCCCCCCCCCCCCCCCCCCC(=O)OC[C@H]1OC[C@@H](O)[C@@H](O)[C@@H]1O. The number of hydrogen-bond donors (Lipinski definition) is 3. The van der Waals surface area contributed by atoms with Gasteiger partial charge in [-0.15, -0.1) is 0 Å². The van der Waals surface area contributed by atoms with Gasteiger partial charge in [0.15, 0.2) is 0 Å². The molecule has 0 spiro atoms. The van der Waals surface area contributed by atoms with Gasteiger partial charge in [-0.2, -0.15) is 0 Å². The van der Waals surface area contributed by atoms with Gasteiger partial charge in [0.05, 0.1) is 6.61 Å². The smallest absolute Gasteiger partial charge is 0.305 e. The predicted molar refractivity (Wildman–Crippen MR) is 127 cm³/mol. The van der Waals surface area contributed by atoms with Gasteiger partial charge in [-0.25, -0.2) is 0 Å². The summed E-state index contributed by atoms with van der Waals surface area (Å²) in [5, 5.41) is 28.9. The second-order valence-electron chi connectivity index (χ2n) is 9.51. The van der Waals surface area contributed by atoms with Crippen LogP contribution in [0, 0.1) is 0 Å². The van der Waals surface area contributed by atoms with Gasteiger partial charge in [0.1, 0.15) is 31.0 Å². The van der Waals surface area contributed by atoms with Gasteiger partial charge >= 0.3 is 5.97 Å². The fourth-order valence-corrected chi connectivity index (χ4v) is 4.26. The molecular formula is C26H50O6. The average Bonchev–Trinajstić information content (AvgIpc) is 2.79. The van der Waals surface area contributed by atoms with Crippen LogP contribution in [-0.2, 0) is 14.3 Å². The Balaban J connectivity index is 1.81. The van der Waals surface area contributed by atoms with Crippen molar-refractivity contribution < 1.29 is 29.6 Å². The second kappa shape index (κ2) is 19.7. The molecule has 0 radical (unpaired) electrons. The van der Waals surface area contributed by atoms with E-state index in [2.05, 4.69) is 6.92 Å². The van der Waals surface area contributed by atoms with Crippen LogP contribution in [0.25, 0.3) is 0 Å². The lowest BCUT2D eigenvalue weighted by atomic mass is 10.0. The number of hydrogen-bond acceptors (Lipinski definition) is 6. The number of carbonyl (C=O) groups excluding carboxylic acids is 1. The van der Waals surface area contributed by atoms with E-state index in [1.54, 1.807) is 0 Å². The molecule has 0 saturated carbocycles. The van der Waals surface area contributed by atoms with E-state index < -0.39 is 24.4 Å². The third-order valence-electron chi connectivity index (χ3n) is 6.50. The monoisotopic (exact) mass is 458 g/mol. The molecule has 1 aliphatic rings. The maximum Gasteiger partial charge on any atom is 0.305 e. The number of carbonyl (C=O) groups is 1. The van der Waals surface area contributed by atoms with Crippen LogP contribution in [0.3, 0.4) is 0 Å². The zero-order chi connectivity index (χ0) is 23.4. The Morgan fingerprint density at radius 3 is 1.62 bits per heavy atom. The molecule has 0 aliphatic carbocycles. The van der Waals surface area contributed by atoms with Crippen LogP contribution in [-0.4, -0.2) is 58.9 Å². The maximum absolute atomic E-state index is 11.8. The van der Waals surface area contributed by atoms with Gasteiger partial charge in [-0.3, -0.25) is 4.79 Å². The third-order valence-corrected chi connectivity index (χ3v) is 6.50. The normalized spacial score (nSPS) is 23.4. The highest BCUT2D eigenvalue weighted by atomic mass is 16.6.